The fourth-order valence-corrected chi connectivity index (χ4v) is 5.32. The molecule has 0 radical (unpaired) electrons. The van der Waals surface area contributed by atoms with E-state index in [0.717, 1.165) is 39.1 Å². The molecule has 2 fully saturated rings. The number of carbonyl (C=O) groups excluding carboxylic acids is 1. The lowest BCUT2D eigenvalue weighted by atomic mass is 9.93. The first-order valence-corrected chi connectivity index (χ1v) is 12.8. The lowest BCUT2D eigenvalue weighted by Gasteiger charge is -2.21. The number of carboxylic acids is 1. The molecule has 1 aliphatic heterocycles. The number of cyclic esters (lactones) is 1. The van der Waals surface area contributed by atoms with Gasteiger partial charge >= 0.3 is 12.1 Å². The summed E-state index contributed by atoms with van der Waals surface area (Å²) in [6, 6.07) is 25.4. The minimum absolute atomic E-state index is 0.145. The number of hydrogen-bond donors (Lipinski definition) is 1. The summed E-state index contributed by atoms with van der Waals surface area (Å²) in [5, 5.41) is 13.7. The van der Waals surface area contributed by atoms with Gasteiger partial charge in [-0.25, -0.2) is 4.79 Å². The molecule has 1 aromatic heterocycles. The zero-order chi connectivity index (χ0) is 26.4. The average molecular weight is 509 g/mol. The van der Waals surface area contributed by atoms with Crippen molar-refractivity contribution < 1.29 is 24.0 Å². The van der Waals surface area contributed by atoms with E-state index in [-0.39, 0.29) is 18.2 Å². The normalized spacial score (nSPS) is 19.8. The van der Waals surface area contributed by atoms with E-state index in [1.165, 1.54) is 0 Å². The van der Waals surface area contributed by atoms with Gasteiger partial charge in [-0.1, -0.05) is 84.0 Å². The second-order valence-corrected chi connectivity index (χ2v) is 10.2. The van der Waals surface area contributed by atoms with Gasteiger partial charge in [0.15, 0.2) is 5.76 Å². The van der Waals surface area contributed by atoms with Gasteiger partial charge in [-0.05, 0) is 48.9 Å². The number of carbonyl (C=O) groups is 2. The molecule has 1 saturated heterocycles. The van der Waals surface area contributed by atoms with Crippen LogP contribution in [0.15, 0.2) is 83.4 Å². The maximum absolute atomic E-state index is 12.8. The summed E-state index contributed by atoms with van der Waals surface area (Å²) in [6.45, 7) is 4.21. The third-order valence-electron chi connectivity index (χ3n) is 7.91. The standard InChI is InChI=1S/C31H28N2O5/c1-19-26(18-33-20(2)27(37-30(33)36)23-6-4-3-5-7-23)28(38-32-19)24-10-8-21(9-11-24)22-12-14-25(15-13-22)31(16-17-31)29(34)35/h3-15,20,27H,16-18H2,1-2H3,(H,34,35)/t20-,27-/m1/s1. The highest BCUT2D eigenvalue weighted by atomic mass is 16.6. The predicted octanol–water partition coefficient (Wildman–Crippen LogP) is 6.52. The maximum Gasteiger partial charge on any atom is 0.411 e. The molecule has 192 valence electrons. The second kappa shape index (κ2) is 9.17. The fraction of sp³-hybridized carbons (Fsp3) is 0.258. The average Bonchev–Trinajstić information content (AvgIpc) is 3.62. The lowest BCUT2D eigenvalue weighted by molar-refractivity contribution is -0.140. The molecular weight excluding hydrogens is 480 g/mol. The van der Waals surface area contributed by atoms with Crippen LogP contribution in [0.4, 0.5) is 4.79 Å². The molecule has 0 unspecified atom stereocenters. The number of hydrogen-bond acceptors (Lipinski definition) is 5. The minimum atomic E-state index is -0.750. The van der Waals surface area contributed by atoms with Gasteiger partial charge < -0.3 is 14.4 Å². The van der Waals surface area contributed by atoms with Crippen molar-refractivity contribution in [3.05, 3.63) is 101 Å². The van der Waals surface area contributed by atoms with Crippen LogP contribution in [0, 0.1) is 6.92 Å². The molecule has 4 aromatic rings. The summed E-state index contributed by atoms with van der Waals surface area (Å²) in [4.78, 5) is 26.1. The number of amides is 1. The number of ether oxygens (including phenoxy) is 1. The van der Waals surface area contributed by atoms with Crippen molar-refractivity contribution in [2.24, 2.45) is 0 Å². The molecule has 0 spiro atoms. The molecule has 2 heterocycles. The number of nitrogens with zero attached hydrogens (tertiary/aromatic N) is 2. The molecule has 0 bridgehead atoms. The Hall–Kier alpha value is -4.39. The topological polar surface area (TPSA) is 92.9 Å². The molecule has 7 nitrogen and oxygen atoms in total. The Labute approximate surface area is 220 Å². The number of carboxylic acid groups (broad SMARTS) is 1. The van der Waals surface area contributed by atoms with Crippen molar-refractivity contribution in [2.45, 2.75) is 50.8 Å². The van der Waals surface area contributed by atoms with Gasteiger partial charge in [-0.15, -0.1) is 0 Å². The first kappa shape index (κ1) is 24.0. The van der Waals surface area contributed by atoms with E-state index < -0.39 is 11.4 Å². The zero-order valence-corrected chi connectivity index (χ0v) is 21.3. The first-order valence-electron chi connectivity index (χ1n) is 12.8. The van der Waals surface area contributed by atoms with Gasteiger partial charge in [-0.2, -0.15) is 0 Å². The summed E-state index contributed by atoms with van der Waals surface area (Å²) in [5.74, 6) is -0.121. The van der Waals surface area contributed by atoms with E-state index in [9.17, 15) is 14.7 Å². The Morgan fingerprint density at radius 1 is 0.974 bits per heavy atom. The molecule has 1 aliphatic carbocycles. The quantitative estimate of drug-likeness (QED) is 0.306. The largest absolute Gasteiger partial charge is 0.481 e. The molecule has 7 heteroatoms. The summed E-state index contributed by atoms with van der Waals surface area (Å²) < 4.78 is 11.4. The maximum atomic E-state index is 12.8. The number of rotatable bonds is 7. The van der Waals surface area contributed by atoms with Crippen LogP contribution < -0.4 is 0 Å². The lowest BCUT2D eigenvalue weighted by Crippen LogP contribution is -2.31. The van der Waals surface area contributed by atoms with Gasteiger partial charge in [0.2, 0.25) is 0 Å². The van der Waals surface area contributed by atoms with Gasteiger partial charge in [0.05, 0.1) is 23.7 Å². The Kier molecular flexibility index (Phi) is 5.79. The van der Waals surface area contributed by atoms with Crippen molar-refractivity contribution in [3.8, 4) is 22.5 Å². The van der Waals surface area contributed by atoms with Crippen LogP contribution in [0.25, 0.3) is 22.5 Å². The Bertz CT molecular complexity index is 1490. The van der Waals surface area contributed by atoms with E-state index in [0.29, 0.717) is 25.1 Å². The van der Waals surface area contributed by atoms with Crippen LogP contribution in [-0.4, -0.2) is 33.3 Å². The smallest absolute Gasteiger partial charge is 0.411 e. The summed E-state index contributed by atoms with van der Waals surface area (Å²) in [5.41, 5.74) is 5.59. The number of aromatic nitrogens is 1. The third-order valence-corrected chi connectivity index (χ3v) is 7.91. The van der Waals surface area contributed by atoms with Crippen LogP contribution in [0.5, 0.6) is 0 Å². The van der Waals surface area contributed by atoms with Crippen molar-refractivity contribution in [2.75, 3.05) is 0 Å². The van der Waals surface area contributed by atoms with E-state index in [1.807, 2.05) is 92.7 Å². The Morgan fingerprint density at radius 3 is 2.18 bits per heavy atom. The third kappa shape index (κ3) is 4.04. The van der Waals surface area contributed by atoms with Crippen LogP contribution >= 0.6 is 0 Å². The molecule has 6 rings (SSSR count). The first-order chi connectivity index (χ1) is 18.4. The SMILES string of the molecule is Cc1noc(-c2ccc(-c3ccc(C4(C(=O)O)CC4)cc3)cc2)c1CN1C(=O)O[C@@H](c2ccccc2)[C@H]1C. The second-order valence-electron chi connectivity index (χ2n) is 10.2. The monoisotopic (exact) mass is 508 g/mol. The number of aryl methyl sites for hydroxylation is 1. The van der Waals surface area contributed by atoms with E-state index in [1.54, 1.807) is 4.90 Å². The molecule has 1 N–H and O–H groups in total. The Morgan fingerprint density at radius 2 is 1.58 bits per heavy atom. The van der Waals surface area contributed by atoms with Gasteiger partial charge in [0, 0.05) is 11.1 Å². The van der Waals surface area contributed by atoms with Crippen molar-refractivity contribution in [1.82, 2.24) is 10.1 Å². The molecule has 1 amide bonds. The minimum Gasteiger partial charge on any atom is -0.481 e. The van der Waals surface area contributed by atoms with Gasteiger partial charge in [0.1, 0.15) is 6.10 Å². The summed E-state index contributed by atoms with van der Waals surface area (Å²) in [6.07, 6.45) is 0.697. The highest BCUT2D eigenvalue weighted by Gasteiger charge is 2.51. The van der Waals surface area contributed by atoms with Crippen LogP contribution in [0.1, 0.15) is 48.3 Å². The molecule has 2 aliphatic rings. The van der Waals surface area contributed by atoms with E-state index >= 15 is 0 Å². The summed E-state index contributed by atoms with van der Waals surface area (Å²) in [7, 11) is 0. The summed E-state index contributed by atoms with van der Waals surface area (Å²) >= 11 is 0. The van der Waals surface area contributed by atoms with E-state index in [4.69, 9.17) is 9.26 Å². The van der Waals surface area contributed by atoms with Crippen LogP contribution in [-0.2, 0) is 21.5 Å². The molecule has 38 heavy (non-hydrogen) atoms. The number of benzene rings is 3. The highest BCUT2D eigenvalue weighted by Crippen LogP contribution is 2.48. The van der Waals surface area contributed by atoms with Crippen LogP contribution in [0.3, 0.4) is 0 Å². The molecule has 3 aromatic carbocycles. The van der Waals surface area contributed by atoms with Crippen molar-refractivity contribution in [3.63, 3.8) is 0 Å². The van der Waals surface area contributed by atoms with Crippen LogP contribution in [0.2, 0.25) is 0 Å². The Balaban J connectivity index is 1.22. The highest BCUT2D eigenvalue weighted by molar-refractivity contribution is 5.85. The number of aliphatic carboxylic acids is 1. The van der Waals surface area contributed by atoms with Gasteiger partial charge in [0.25, 0.3) is 0 Å². The zero-order valence-electron chi connectivity index (χ0n) is 21.3. The fourth-order valence-electron chi connectivity index (χ4n) is 5.32. The molecule has 1 saturated carbocycles. The predicted molar refractivity (Wildman–Crippen MR) is 141 cm³/mol. The van der Waals surface area contributed by atoms with Crippen molar-refractivity contribution in [1.29, 1.82) is 0 Å². The van der Waals surface area contributed by atoms with E-state index in [2.05, 4.69) is 5.16 Å². The molecule has 2 atom stereocenters. The van der Waals surface area contributed by atoms with Gasteiger partial charge in [-0.3, -0.25) is 9.69 Å². The van der Waals surface area contributed by atoms with Crippen molar-refractivity contribution >= 4 is 12.1 Å². The molecular formula is C31H28N2O5.